The normalized spacial score (nSPS) is 16.7. The highest BCUT2D eigenvalue weighted by atomic mass is 16.5. The predicted octanol–water partition coefficient (Wildman–Crippen LogP) is 1.89. The van der Waals surface area contributed by atoms with Gasteiger partial charge < -0.3 is 13.9 Å². The molecule has 0 bridgehead atoms. The molecule has 144 valence electrons. The van der Waals surface area contributed by atoms with Crippen LogP contribution in [0.5, 0.6) is 11.5 Å². The first-order chi connectivity index (χ1) is 13.1. The van der Waals surface area contributed by atoms with E-state index < -0.39 is 5.91 Å². The Hall–Kier alpha value is -3.00. The summed E-state index contributed by atoms with van der Waals surface area (Å²) >= 11 is 0. The number of ether oxygens (including phenoxy) is 2. The molecule has 1 fully saturated rings. The van der Waals surface area contributed by atoms with Crippen molar-refractivity contribution in [1.82, 2.24) is 15.8 Å². The molecule has 1 aliphatic rings. The second-order valence-electron chi connectivity index (χ2n) is 6.22. The van der Waals surface area contributed by atoms with Crippen LogP contribution in [0.3, 0.4) is 0 Å². The van der Waals surface area contributed by atoms with Gasteiger partial charge in [0.25, 0.3) is 5.91 Å². The number of methoxy groups -OCH3 is 2. The maximum Gasteiger partial charge on any atom is 0.305 e. The van der Waals surface area contributed by atoms with Crippen LogP contribution in [-0.4, -0.2) is 44.0 Å². The average Bonchev–Trinajstić information content (AvgIpc) is 3.37. The number of hydrogen-bond acceptors (Lipinski definition) is 6. The van der Waals surface area contributed by atoms with Crippen LogP contribution in [0.4, 0.5) is 0 Å². The molecule has 2 heterocycles. The lowest BCUT2D eigenvalue weighted by molar-refractivity contribution is -0.123. The Morgan fingerprint density at radius 3 is 2.78 bits per heavy atom. The molecule has 27 heavy (non-hydrogen) atoms. The minimum Gasteiger partial charge on any atom is -0.497 e. The average molecular weight is 373 g/mol. The lowest BCUT2D eigenvalue weighted by atomic mass is 10.0. The number of furan rings is 1. The van der Waals surface area contributed by atoms with Crippen molar-refractivity contribution in [2.75, 3.05) is 27.3 Å². The van der Waals surface area contributed by atoms with Gasteiger partial charge in [0.05, 0.1) is 27.0 Å². The van der Waals surface area contributed by atoms with Crippen LogP contribution in [0.1, 0.15) is 35.0 Å². The molecule has 1 aromatic heterocycles. The highest BCUT2D eigenvalue weighted by Crippen LogP contribution is 2.38. The van der Waals surface area contributed by atoms with Crippen LogP contribution >= 0.6 is 0 Å². The van der Waals surface area contributed by atoms with Gasteiger partial charge in [0.2, 0.25) is 0 Å². The van der Waals surface area contributed by atoms with E-state index in [9.17, 15) is 9.59 Å². The van der Waals surface area contributed by atoms with Gasteiger partial charge in [0.15, 0.2) is 5.76 Å². The lowest BCUT2D eigenvalue weighted by Gasteiger charge is -2.25. The predicted molar refractivity (Wildman–Crippen MR) is 97.4 cm³/mol. The Morgan fingerprint density at radius 1 is 1.22 bits per heavy atom. The van der Waals surface area contributed by atoms with E-state index in [1.165, 1.54) is 12.3 Å². The fraction of sp³-hybridized carbons (Fsp3) is 0.368. The molecular weight excluding hydrogens is 350 g/mol. The summed E-state index contributed by atoms with van der Waals surface area (Å²) in [5.41, 5.74) is 5.79. The van der Waals surface area contributed by atoms with E-state index in [2.05, 4.69) is 15.8 Å². The summed E-state index contributed by atoms with van der Waals surface area (Å²) in [6, 6.07) is 8.89. The third-order valence-corrected chi connectivity index (χ3v) is 4.57. The Balaban J connectivity index is 1.61. The van der Waals surface area contributed by atoms with Gasteiger partial charge >= 0.3 is 5.91 Å². The molecular formula is C19H23N3O5. The van der Waals surface area contributed by atoms with E-state index in [1.807, 2.05) is 18.2 Å². The monoisotopic (exact) mass is 373 g/mol. The van der Waals surface area contributed by atoms with Crippen molar-refractivity contribution >= 4 is 11.8 Å². The van der Waals surface area contributed by atoms with Crippen LogP contribution in [0.25, 0.3) is 0 Å². The van der Waals surface area contributed by atoms with E-state index >= 15 is 0 Å². The standard InChI is InChI=1S/C19H23N3O5/c1-25-13-7-8-14(17(11-13)26-2)15-5-3-9-22(15)12-18(23)20-21-19(24)16-6-4-10-27-16/h4,6-8,10-11,15H,3,5,9,12H2,1-2H3,(H,20,23)(H,21,24)/t15-/m0/s1. The zero-order chi connectivity index (χ0) is 19.2. The minimum atomic E-state index is -0.497. The van der Waals surface area contributed by atoms with Crippen molar-refractivity contribution in [2.24, 2.45) is 0 Å². The summed E-state index contributed by atoms with van der Waals surface area (Å²) in [4.78, 5) is 26.1. The smallest absolute Gasteiger partial charge is 0.305 e. The van der Waals surface area contributed by atoms with Gasteiger partial charge in [-0.15, -0.1) is 0 Å². The third kappa shape index (κ3) is 4.40. The number of likely N-dealkylation sites (tertiary alicyclic amines) is 1. The molecule has 0 unspecified atom stereocenters. The number of benzene rings is 1. The SMILES string of the molecule is COc1ccc([C@@H]2CCCN2CC(=O)NNC(=O)c2ccco2)c(OC)c1. The fourth-order valence-corrected chi connectivity index (χ4v) is 3.28. The second kappa shape index (κ2) is 8.59. The number of nitrogens with zero attached hydrogens (tertiary/aromatic N) is 1. The van der Waals surface area contributed by atoms with Gasteiger partial charge in [-0.25, -0.2) is 0 Å². The van der Waals surface area contributed by atoms with Crippen LogP contribution in [-0.2, 0) is 4.79 Å². The fourth-order valence-electron chi connectivity index (χ4n) is 3.28. The molecule has 0 saturated carbocycles. The Morgan fingerprint density at radius 2 is 2.07 bits per heavy atom. The minimum absolute atomic E-state index is 0.0670. The first-order valence-electron chi connectivity index (χ1n) is 8.71. The van der Waals surface area contributed by atoms with Gasteiger partial charge in [-0.1, -0.05) is 6.07 Å². The Kier molecular flexibility index (Phi) is 5.97. The van der Waals surface area contributed by atoms with Crippen LogP contribution in [0, 0.1) is 0 Å². The van der Waals surface area contributed by atoms with E-state index in [1.54, 1.807) is 20.3 Å². The summed E-state index contributed by atoms with van der Waals surface area (Å²) in [7, 11) is 3.23. The summed E-state index contributed by atoms with van der Waals surface area (Å²) in [6.45, 7) is 0.956. The van der Waals surface area contributed by atoms with Gasteiger partial charge in [-0.2, -0.15) is 0 Å². The highest BCUT2D eigenvalue weighted by Gasteiger charge is 2.30. The molecule has 1 saturated heterocycles. The highest BCUT2D eigenvalue weighted by molar-refractivity contribution is 5.93. The summed E-state index contributed by atoms with van der Waals surface area (Å²) in [6.07, 6.45) is 3.30. The number of hydrazine groups is 1. The Bertz CT molecular complexity index is 791. The number of amides is 2. The van der Waals surface area contributed by atoms with Crippen molar-refractivity contribution in [3.05, 3.63) is 47.9 Å². The van der Waals surface area contributed by atoms with Crippen LogP contribution in [0.15, 0.2) is 41.0 Å². The molecule has 1 aromatic carbocycles. The molecule has 8 nitrogen and oxygen atoms in total. The molecule has 2 N–H and O–H groups in total. The zero-order valence-electron chi connectivity index (χ0n) is 15.4. The van der Waals surface area contributed by atoms with Gasteiger partial charge in [-0.3, -0.25) is 25.3 Å². The van der Waals surface area contributed by atoms with Gasteiger partial charge in [0.1, 0.15) is 11.5 Å². The molecule has 2 aromatic rings. The molecule has 0 aliphatic carbocycles. The molecule has 1 aliphatic heterocycles. The number of rotatable bonds is 6. The molecule has 2 amide bonds. The molecule has 0 radical (unpaired) electrons. The van der Waals surface area contributed by atoms with Crippen LogP contribution in [0.2, 0.25) is 0 Å². The Labute approximate surface area is 157 Å². The number of carbonyl (C=O) groups excluding carboxylic acids is 2. The van der Waals surface area contributed by atoms with Crippen molar-refractivity contribution in [3.8, 4) is 11.5 Å². The largest absolute Gasteiger partial charge is 0.497 e. The van der Waals surface area contributed by atoms with Crippen LogP contribution < -0.4 is 20.3 Å². The summed E-state index contributed by atoms with van der Waals surface area (Å²) in [5.74, 6) is 0.797. The first kappa shape index (κ1) is 18.8. The molecule has 3 rings (SSSR count). The first-order valence-corrected chi connectivity index (χ1v) is 8.71. The lowest BCUT2D eigenvalue weighted by Crippen LogP contribution is -2.46. The number of hydrogen-bond donors (Lipinski definition) is 2. The number of carbonyl (C=O) groups is 2. The van der Waals surface area contributed by atoms with E-state index in [0.29, 0.717) is 0 Å². The second-order valence-corrected chi connectivity index (χ2v) is 6.22. The summed E-state index contributed by atoms with van der Waals surface area (Å²) in [5, 5.41) is 0. The van der Waals surface area contributed by atoms with Crippen molar-refractivity contribution in [2.45, 2.75) is 18.9 Å². The van der Waals surface area contributed by atoms with Crippen molar-refractivity contribution < 1.29 is 23.5 Å². The number of nitrogens with one attached hydrogen (secondary N) is 2. The van der Waals surface area contributed by atoms with E-state index in [-0.39, 0.29) is 24.3 Å². The maximum absolute atomic E-state index is 12.3. The topological polar surface area (TPSA) is 93.0 Å². The quantitative estimate of drug-likeness (QED) is 0.751. The van der Waals surface area contributed by atoms with E-state index in [4.69, 9.17) is 13.9 Å². The third-order valence-electron chi connectivity index (χ3n) is 4.57. The zero-order valence-corrected chi connectivity index (χ0v) is 15.4. The summed E-state index contributed by atoms with van der Waals surface area (Å²) < 4.78 is 15.7. The van der Waals surface area contributed by atoms with Gasteiger partial charge in [-0.05, 0) is 37.6 Å². The maximum atomic E-state index is 12.3. The van der Waals surface area contributed by atoms with Gasteiger partial charge in [0, 0.05) is 17.7 Å². The van der Waals surface area contributed by atoms with Crippen molar-refractivity contribution in [1.29, 1.82) is 0 Å². The van der Waals surface area contributed by atoms with E-state index in [0.717, 1.165) is 36.4 Å². The molecule has 0 spiro atoms. The van der Waals surface area contributed by atoms with Crippen molar-refractivity contribution in [3.63, 3.8) is 0 Å². The molecule has 8 heteroatoms. The molecule has 1 atom stereocenters.